The Morgan fingerprint density at radius 2 is 1.79 bits per heavy atom. The Hall–Kier alpha value is -4.31. The number of benzene rings is 2. The summed E-state index contributed by atoms with van der Waals surface area (Å²) in [4.78, 5) is 29.9. The number of amides is 1. The highest BCUT2D eigenvalue weighted by atomic mass is 16.5. The third-order valence-electron chi connectivity index (χ3n) is 6.87. The minimum atomic E-state index is -1.67. The number of ether oxygens (including phenoxy) is 1. The Balaban J connectivity index is 1.86. The molecule has 5 rings (SSSR count). The van der Waals surface area contributed by atoms with Crippen LogP contribution in [0.1, 0.15) is 34.9 Å². The summed E-state index contributed by atoms with van der Waals surface area (Å²) < 4.78 is 7.35. The van der Waals surface area contributed by atoms with Gasteiger partial charge in [-0.05, 0) is 38.0 Å². The molecule has 3 heterocycles. The van der Waals surface area contributed by atoms with Crippen molar-refractivity contribution >= 4 is 11.6 Å². The number of nitrogens with zero attached hydrogens (tertiary/aromatic N) is 3. The first kappa shape index (κ1) is 21.5. The average Bonchev–Trinajstić information content (AvgIpc) is 3.04. The van der Waals surface area contributed by atoms with Crippen LogP contribution in [0.25, 0.3) is 0 Å². The predicted molar refractivity (Wildman–Crippen MR) is 128 cm³/mol. The number of anilines is 1. The van der Waals surface area contributed by atoms with E-state index < -0.39 is 5.41 Å². The van der Waals surface area contributed by atoms with E-state index >= 15 is 0 Å². The second-order valence-corrected chi connectivity index (χ2v) is 8.61. The van der Waals surface area contributed by atoms with Crippen LogP contribution in [-0.4, -0.2) is 10.5 Å². The van der Waals surface area contributed by atoms with Crippen LogP contribution in [0.15, 0.2) is 70.8 Å². The lowest BCUT2D eigenvalue weighted by Gasteiger charge is -2.34. The fourth-order valence-electron chi connectivity index (χ4n) is 5.23. The molecule has 2 aromatic carbocycles. The van der Waals surface area contributed by atoms with Crippen molar-refractivity contribution in [1.29, 1.82) is 5.26 Å². The zero-order valence-corrected chi connectivity index (χ0v) is 19.3. The molecule has 2 N–H and O–H groups in total. The third-order valence-corrected chi connectivity index (χ3v) is 6.87. The Morgan fingerprint density at radius 1 is 1.09 bits per heavy atom. The van der Waals surface area contributed by atoms with Crippen molar-refractivity contribution in [2.45, 2.75) is 39.3 Å². The highest BCUT2D eigenvalue weighted by molar-refractivity contribution is 6.14. The molecule has 1 unspecified atom stereocenters. The van der Waals surface area contributed by atoms with E-state index in [9.17, 15) is 14.9 Å². The van der Waals surface area contributed by atoms with E-state index in [2.05, 4.69) is 6.07 Å². The van der Waals surface area contributed by atoms with Crippen molar-refractivity contribution in [3.63, 3.8) is 0 Å². The van der Waals surface area contributed by atoms with Crippen LogP contribution in [0, 0.1) is 25.2 Å². The first-order chi connectivity index (χ1) is 16.4. The van der Waals surface area contributed by atoms with Crippen molar-refractivity contribution < 1.29 is 9.53 Å². The minimum absolute atomic E-state index is 0.0617. The van der Waals surface area contributed by atoms with E-state index in [1.165, 1.54) is 0 Å². The van der Waals surface area contributed by atoms with Crippen LogP contribution in [0.5, 0.6) is 5.75 Å². The monoisotopic (exact) mass is 452 g/mol. The smallest absolute Gasteiger partial charge is 0.259 e. The summed E-state index contributed by atoms with van der Waals surface area (Å²) in [6.07, 6.45) is 0. The van der Waals surface area contributed by atoms with Gasteiger partial charge in [0.1, 0.15) is 17.4 Å². The highest BCUT2D eigenvalue weighted by Crippen LogP contribution is 2.54. The molecule has 1 atom stereocenters. The molecule has 0 saturated carbocycles. The Morgan fingerprint density at radius 3 is 2.50 bits per heavy atom. The zero-order chi connectivity index (χ0) is 24.2. The molecule has 0 radical (unpaired) electrons. The molecule has 1 amide bonds. The molecule has 0 saturated heterocycles. The number of carbonyl (C=O) groups excluding carboxylic acids is 1. The number of fused-ring (bicyclic) bond motifs is 4. The maximum absolute atomic E-state index is 14.5. The fraction of sp³-hybridized carbons (Fsp3) is 0.222. The standard InChI is InChI=1S/C27H24N4O3/c1-4-30-17(3)13-22-23(25(30)32)27(20(14-28)24(29)34-22)19-11-7-8-12-21(19)31(26(27)33)15-18-10-6-5-9-16(18)2/h5-13H,4,15,29H2,1-3H3. The van der Waals surface area contributed by atoms with Crippen LogP contribution in [-0.2, 0) is 23.3 Å². The maximum Gasteiger partial charge on any atom is 0.259 e. The molecular weight excluding hydrogens is 428 g/mol. The number of nitriles is 1. The fourth-order valence-corrected chi connectivity index (χ4v) is 5.23. The molecule has 34 heavy (non-hydrogen) atoms. The van der Waals surface area contributed by atoms with Crippen LogP contribution in [0.3, 0.4) is 0 Å². The summed E-state index contributed by atoms with van der Waals surface area (Å²) in [5, 5.41) is 10.2. The predicted octanol–water partition coefficient (Wildman–Crippen LogP) is 3.40. The van der Waals surface area contributed by atoms with Crippen molar-refractivity contribution in [3.8, 4) is 11.8 Å². The summed E-state index contributed by atoms with van der Waals surface area (Å²) in [7, 11) is 0. The second kappa shape index (κ2) is 7.63. The Labute approximate surface area is 197 Å². The topological polar surface area (TPSA) is 101 Å². The van der Waals surface area contributed by atoms with Gasteiger partial charge in [-0.25, -0.2) is 0 Å². The SMILES string of the molecule is CCn1c(C)cc2c(c1=O)C1(C(=O)N(Cc3ccccc3C)c3ccccc31)C(C#N)=C(N)O2. The average molecular weight is 453 g/mol. The molecule has 0 bridgehead atoms. The lowest BCUT2D eigenvalue weighted by molar-refractivity contribution is -0.121. The van der Waals surface area contributed by atoms with Gasteiger partial charge in [-0.15, -0.1) is 0 Å². The summed E-state index contributed by atoms with van der Waals surface area (Å²) in [5.74, 6) is -0.335. The molecule has 7 nitrogen and oxygen atoms in total. The number of aryl methyl sites for hydroxylation is 2. The Bertz CT molecular complexity index is 1490. The van der Waals surface area contributed by atoms with Crippen molar-refractivity contribution in [1.82, 2.24) is 4.57 Å². The van der Waals surface area contributed by atoms with E-state index in [1.54, 1.807) is 34.6 Å². The van der Waals surface area contributed by atoms with E-state index in [0.29, 0.717) is 30.0 Å². The van der Waals surface area contributed by atoms with Gasteiger partial charge in [-0.3, -0.25) is 9.59 Å². The van der Waals surface area contributed by atoms with Gasteiger partial charge in [-0.1, -0.05) is 42.5 Å². The lowest BCUT2D eigenvalue weighted by atomic mass is 9.69. The first-order valence-electron chi connectivity index (χ1n) is 11.1. The van der Waals surface area contributed by atoms with Gasteiger partial charge in [0, 0.05) is 29.6 Å². The van der Waals surface area contributed by atoms with E-state index in [1.807, 2.05) is 50.2 Å². The van der Waals surface area contributed by atoms with Gasteiger partial charge in [0.2, 0.25) is 11.8 Å². The second-order valence-electron chi connectivity index (χ2n) is 8.61. The number of aromatic nitrogens is 1. The molecular formula is C27H24N4O3. The quantitative estimate of drug-likeness (QED) is 0.656. The van der Waals surface area contributed by atoms with Gasteiger partial charge in [0.05, 0.1) is 12.1 Å². The van der Waals surface area contributed by atoms with Gasteiger partial charge in [0.15, 0.2) is 5.41 Å². The van der Waals surface area contributed by atoms with Crippen molar-refractivity contribution in [3.05, 3.63) is 104 Å². The third kappa shape index (κ3) is 2.69. The molecule has 2 aliphatic heterocycles. The summed E-state index contributed by atoms with van der Waals surface area (Å²) in [6, 6.07) is 18.9. The molecule has 1 spiro atoms. The molecule has 2 aliphatic rings. The summed E-state index contributed by atoms with van der Waals surface area (Å²) in [5.41, 5.74) is 8.17. The zero-order valence-electron chi connectivity index (χ0n) is 19.3. The summed E-state index contributed by atoms with van der Waals surface area (Å²) in [6.45, 7) is 6.37. The summed E-state index contributed by atoms with van der Waals surface area (Å²) >= 11 is 0. The first-order valence-corrected chi connectivity index (χ1v) is 11.1. The molecule has 0 fully saturated rings. The number of pyridine rings is 1. The van der Waals surface area contributed by atoms with Crippen molar-refractivity contribution in [2.75, 3.05) is 4.90 Å². The number of hydrogen-bond acceptors (Lipinski definition) is 5. The van der Waals surface area contributed by atoms with Crippen LogP contribution in [0.4, 0.5) is 5.69 Å². The molecule has 0 aliphatic carbocycles. The van der Waals surface area contributed by atoms with Crippen molar-refractivity contribution in [2.24, 2.45) is 5.73 Å². The van der Waals surface area contributed by atoms with Crippen LogP contribution in [0.2, 0.25) is 0 Å². The van der Waals surface area contributed by atoms with Gasteiger partial charge in [0.25, 0.3) is 5.56 Å². The number of para-hydroxylation sites is 1. The Kier molecular flexibility index (Phi) is 4.83. The van der Waals surface area contributed by atoms with Crippen LogP contribution < -0.4 is 20.9 Å². The maximum atomic E-state index is 14.5. The van der Waals surface area contributed by atoms with E-state index in [0.717, 1.165) is 11.1 Å². The number of rotatable bonds is 3. The molecule has 7 heteroatoms. The van der Waals surface area contributed by atoms with Crippen LogP contribution >= 0.6 is 0 Å². The van der Waals surface area contributed by atoms with E-state index in [4.69, 9.17) is 10.5 Å². The molecule has 170 valence electrons. The molecule has 3 aromatic rings. The largest absolute Gasteiger partial charge is 0.440 e. The van der Waals surface area contributed by atoms with E-state index in [-0.39, 0.29) is 34.2 Å². The van der Waals surface area contributed by atoms with Gasteiger partial charge in [-0.2, -0.15) is 5.26 Å². The van der Waals surface area contributed by atoms with Gasteiger partial charge < -0.3 is 19.9 Å². The highest BCUT2D eigenvalue weighted by Gasteiger charge is 2.60. The number of nitrogens with two attached hydrogens (primary N) is 1. The minimum Gasteiger partial charge on any atom is -0.440 e. The molecule has 1 aromatic heterocycles. The normalized spacial score (nSPS) is 18.5. The van der Waals surface area contributed by atoms with Gasteiger partial charge >= 0.3 is 0 Å². The number of carbonyl (C=O) groups is 1. The number of hydrogen-bond donors (Lipinski definition) is 1. The lowest BCUT2D eigenvalue weighted by Crippen LogP contribution is -2.49.